The molecule has 2 N–H and O–H groups in total. The number of aromatic hydroxyl groups is 1. The van der Waals surface area contributed by atoms with Crippen LogP contribution in [0.25, 0.3) is 5.76 Å². The first-order valence-electron chi connectivity index (χ1n) is 12.5. The average molecular weight is 518 g/mol. The summed E-state index contributed by atoms with van der Waals surface area (Å²) in [5.41, 5.74) is 1.59. The Kier molecular flexibility index (Phi) is 8.21. The zero-order valence-corrected chi connectivity index (χ0v) is 21.6. The van der Waals surface area contributed by atoms with Crippen LogP contribution in [0.3, 0.4) is 0 Å². The molecule has 8 nitrogen and oxygen atoms in total. The predicted molar refractivity (Wildman–Crippen MR) is 142 cm³/mol. The van der Waals surface area contributed by atoms with Crippen molar-refractivity contribution in [3.05, 3.63) is 89.0 Å². The minimum atomic E-state index is -0.919. The molecular weight excluding hydrogens is 486 g/mol. The van der Waals surface area contributed by atoms with Gasteiger partial charge in [0, 0.05) is 12.1 Å². The van der Waals surface area contributed by atoms with Gasteiger partial charge in [0.05, 0.1) is 31.9 Å². The van der Waals surface area contributed by atoms with Gasteiger partial charge in [-0.1, -0.05) is 37.3 Å². The first-order chi connectivity index (χ1) is 18.4. The topological polar surface area (TPSA) is 106 Å². The number of benzene rings is 3. The number of hydrogen-bond acceptors (Lipinski definition) is 7. The van der Waals surface area contributed by atoms with E-state index >= 15 is 0 Å². The van der Waals surface area contributed by atoms with E-state index in [-0.39, 0.29) is 29.4 Å². The molecular formula is C30H31NO7. The van der Waals surface area contributed by atoms with Crippen molar-refractivity contribution < 1.29 is 34.0 Å². The summed E-state index contributed by atoms with van der Waals surface area (Å²) in [7, 11) is 1.57. The number of hydrogen-bond donors (Lipinski definition) is 2. The molecule has 1 amide bonds. The van der Waals surface area contributed by atoms with Crippen molar-refractivity contribution in [1.29, 1.82) is 0 Å². The molecule has 0 spiro atoms. The number of carbonyl (C=O) groups is 2. The van der Waals surface area contributed by atoms with Crippen LogP contribution in [0.4, 0.5) is 0 Å². The molecule has 1 saturated heterocycles. The molecule has 198 valence electrons. The van der Waals surface area contributed by atoms with Crippen LogP contribution in [-0.2, 0) is 16.1 Å². The molecule has 1 heterocycles. The van der Waals surface area contributed by atoms with E-state index in [1.165, 1.54) is 11.0 Å². The number of Topliss-reactive ketones (excluding diaryl/α,β-unsaturated/α-hetero) is 1. The van der Waals surface area contributed by atoms with Crippen LogP contribution in [-0.4, -0.2) is 47.1 Å². The van der Waals surface area contributed by atoms with Crippen LogP contribution < -0.4 is 14.2 Å². The van der Waals surface area contributed by atoms with Gasteiger partial charge >= 0.3 is 0 Å². The van der Waals surface area contributed by atoms with Crippen LogP contribution in [0.15, 0.2) is 72.3 Å². The zero-order chi connectivity index (χ0) is 27.2. The molecule has 1 fully saturated rings. The van der Waals surface area contributed by atoms with E-state index in [1.807, 2.05) is 19.1 Å². The number of aliphatic hydroxyl groups excluding tert-OH is 1. The van der Waals surface area contributed by atoms with Crippen molar-refractivity contribution in [2.24, 2.45) is 0 Å². The minimum absolute atomic E-state index is 0.0516. The highest BCUT2D eigenvalue weighted by Crippen LogP contribution is 2.42. The summed E-state index contributed by atoms with van der Waals surface area (Å²) in [5, 5.41) is 21.7. The molecule has 38 heavy (non-hydrogen) atoms. The molecule has 8 heteroatoms. The molecule has 0 radical (unpaired) electrons. The molecule has 1 aliphatic rings. The third-order valence-corrected chi connectivity index (χ3v) is 6.23. The molecule has 1 aliphatic heterocycles. The van der Waals surface area contributed by atoms with Crippen LogP contribution in [0, 0.1) is 0 Å². The standard InChI is InChI=1S/C30H31NO7/c1-4-15-38-23-8-6-7-21(16-23)28(33)26-27(20-11-14-24(32)25(17-20)37-5-2)31(30(35)29(26)34)18-19-9-12-22(36-3)13-10-19/h6-14,16-17,27,32-33H,4-5,15,18H2,1-3H3/b28-26-. The number of methoxy groups -OCH3 is 1. The Balaban J connectivity index is 1.84. The van der Waals surface area contributed by atoms with Gasteiger partial charge in [0.1, 0.15) is 17.3 Å². The highest BCUT2D eigenvalue weighted by Gasteiger charge is 2.46. The SMILES string of the molecule is CCCOc1cccc(/C(O)=C2/C(=O)C(=O)N(Cc3ccc(OC)cc3)C2c2ccc(O)c(OCC)c2)c1. The Morgan fingerprint density at radius 1 is 0.947 bits per heavy atom. The van der Waals surface area contributed by atoms with Crippen LogP contribution in [0.5, 0.6) is 23.0 Å². The fourth-order valence-electron chi connectivity index (χ4n) is 4.40. The molecule has 0 bridgehead atoms. The second-order valence-electron chi connectivity index (χ2n) is 8.81. The second-order valence-corrected chi connectivity index (χ2v) is 8.81. The maximum atomic E-state index is 13.4. The first-order valence-corrected chi connectivity index (χ1v) is 12.5. The van der Waals surface area contributed by atoms with Crippen molar-refractivity contribution in [2.45, 2.75) is 32.9 Å². The monoisotopic (exact) mass is 517 g/mol. The van der Waals surface area contributed by atoms with Gasteiger partial charge in [-0.15, -0.1) is 0 Å². The second kappa shape index (κ2) is 11.7. The largest absolute Gasteiger partial charge is 0.507 e. The lowest BCUT2D eigenvalue weighted by Gasteiger charge is -2.26. The number of likely N-dealkylation sites (tertiary alicyclic amines) is 1. The van der Waals surface area contributed by atoms with Gasteiger partial charge in [0.15, 0.2) is 11.5 Å². The first kappa shape index (κ1) is 26.6. The lowest BCUT2D eigenvalue weighted by Crippen LogP contribution is -2.29. The lowest BCUT2D eigenvalue weighted by molar-refractivity contribution is -0.140. The Labute approximate surface area is 221 Å². The van der Waals surface area contributed by atoms with E-state index in [0.29, 0.717) is 35.8 Å². The highest BCUT2D eigenvalue weighted by atomic mass is 16.5. The van der Waals surface area contributed by atoms with E-state index in [9.17, 15) is 19.8 Å². The molecule has 1 unspecified atom stereocenters. The number of ether oxygens (including phenoxy) is 3. The van der Waals surface area contributed by atoms with Crippen molar-refractivity contribution in [1.82, 2.24) is 4.90 Å². The summed E-state index contributed by atoms with van der Waals surface area (Å²) in [5.74, 6) is -0.485. The number of phenolic OH excluding ortho intramolecular Hbond substituents is 1. The maximum absolute atomic E-state index is 13.4. The number of ketones is 1. The molecule has 3 aromatic carbocycles. The van der Waals surface area contributed by atoms with E-state index in [0.717, 1.165) is 12.0 Å². The number of aliphatic hydroxyl groups is 1. The molecule has 3 aromatic rings. The Hall–Kier alpha value is -4.46. The van der Waals surface area contributed by atoms with Crippen LogP contribution >= 0.6 is 0 Å². The highest BCUT2D eigenvalue weighted by molar-refractivity contribution is 6.46. The third-order valence-electron chi connectivity index (χ3n) is 6.23. The Bertz CT molecular complexity index is 1350. The van der Waals surface area contributed by atoms with Gasteiger partial charge in [-0.25, -0.2) is 0 Å². The van der Waals surface area contributed by atoms with Crippen molar-refractivity contribution in [3.8, 4) is 23.0 Å². The summed E-state index contributed by atoms with van der Waals surface area (Å²) in [6, 6.07) is 17.7. The summed E-state index contributed by atoms with van der Waals surface area (Å²) in [6.45, 7) is 4.70. The number of amides is 1. The van der Waals surface area contributed by atoms with Gasteiger partial charge < -0.3 is 29.3 Å². The summed E-state index contributed by atoms with van der Waals surface area (Å²) in [6.07, 6.45) is 0.815. The Morgan fingerprint density at radius 2 is 1.71 bits per heavy atom. The normalized spacial score (nSPS) is 16.5. The van der Waals surface area contributed by atoms with Crippen LogP contribution in [0.1, 0.15) is 43.0 Å². The minimum Gasteiger partial charge on any atom is -0.507 e. The van der Waals surface area contributed by atoms with Gasteiger partial charge in [0.25, 0.3) is 11.7 Å². The van der Waals surface area contributed by atoms with Gasteiger partial charge in [-0.05, 0) is 60.9 Å². The van der Waals surface area contributed by atoms with E-state index in [1.54, 1.807) is 62.6 Å². The smallest absolute Gasteiger partial charge is 0.295 e. The summed E-state index contributed by atoms with van der Waals surface area (Å²) >= 11 is 0. The third kappa shape index (κ3) is 5.44. The van der Waals surface area contributed by atoms with Crippen molar-refractivity contribution >= 4 is 17.4 Å². The van der Waals surface area contributed by atoms with Crippen molar-refractivity contribution in [3.63, 3.8) is 0 Å². The fraction of sp³-hybridized carbons (Fsp3) is 0.267. The number of rotatable bonds is 10. The van der Waals surface area contributed by atoms with Crippen molar-refractivity contribution in [2.75, 3.05) is 20.3 Å². The fourth-order valence-corrected chi connectivity index (χ4v) is 4.40. The molecule has 0 saturated carbocycles. The summed E-state index contributed by atoms with van der Waals surface area (Å²) in [4.78, 5) is 28.2. The molecule has 1 atom stereocenters. The number of phenols is 1. The predicted octanol–water partition coefficient (Wildman–Crippen LogP) is 5.21. The lowest BCUT2D eigenvalue weighted by atomic mass is 9.94. The quantitative estimate of drug-likeness (QED) is 0.216. The zero-order valence-electron chi connectivity index (χ0n) is 21.6. The summed E-state index contributed by atoms with van der Waals surface area (Å²) < 4.78 is 16.5. The van der Waals surface area contributed by atoms with E-state index in [2.05, 4.69) is 0 Å². The number of carbonyl (C=O) groups excluding carboxylic acids is 2. The number of nitrogens with zero attached hydrogens (tertiary/aromatic N) is 1. The van der Waals surface area contributed by atoms with E-state index in [4.69, 9.17) is 14.2 Å². The van der Waals surface area contributed by atoms with Gasteiger partial charge in [-0.2, -0.15) is 0 Å². The molecule has 4 rings (SSSR count). The Morgan fingerprint density at radius 3 is 2.39 bits per heavy atom. The molecule has 0 aromatic heterocycles. The average Bonchev–Trinajstić information content (AvgIpc) is 3.18. The molecule has 0 aliphatic carbocycles. The van der Waals surface area contributed by atoms with Gasteiger partial charge in [-0.3, -0.25) is 9.59 Å². The van der Waals surface area contributed by atoms with E-state index < -0.39 is 17.7 Å². The van der Waals surface area contributed by atoms with Crippen LogP contribution in [0.2, 0.25) is 0 Å². The van der Waals surface area contributed by atoms with Gasteiger partial charge in [0.2, 0.25) is 0 Å². The maximum Gasteiger partial charge on any atom is 0.295 e.